The number of carbonyl (C=O) groups excluding carboxylic acids is 1. The topological polar surface area (TPSA) is 86.0 Å². The molecule has 0 N–H and O–H groups in total. The molecule has 1 aromatic carbocycles. The first-order valence-corrected chi connectivity index (χ1v) is 4.07. The minimum atomic E-state index is -0.346. The number of benzene rings is 1. The number of hydrogen-bond acceptors (Lipinski definition) is 2. The molecule has 0 heterocycles. The van der Waals surface area contributed by atoms with E-state index in [9.17, 15) is 4.79 Å². The Morgan fingerprint density at radius 3 is 1.67 bits per heavy atom. The smallest absolute Gasteiger partial charge is 0 e. The fraction of sp³-hybridized carbons (Fsp3) is 0.0909. The van der Waals surface area contributed by atoms with Gasteiger partial charge < -0.3 is 4.74 Å². The van der Waals surface area contributed by atoms with Crippen LogP contribution in [0.25, 0.3) is 0 Å². The summed E-state index contributed by atoms with van der Waals surface area (Å²) in [7, 11) is 1.34. The van der Waals surface area contributed by atoms with Crippen molar-refractivity contribution in [3.05, 3.63) is 54.8 Å². The molecule has 0 fully saturated rings. The molecule has 1 rings (SSSR count). The van der Waals surface area contributed by atoms with E-state index in [-0.39, 0.29) is 23.3 Å². The van der Waals surface area contributed by atoms with Crippen LogP contribution in [0.4, 0.5) is 0 Å². The first-order valence-electron chi connectivity index (χ1n) is 3.69. The molecule has 0 aliphatic carbocycles. The Morgan fingerprint density at radius 2 is 1.39 bits per heavy atom. The summed E-state index contributed by atoms with van der Waals surface area (Å²) in [5.74, 6) is -0.346. The zero-order valence-corrected chi connectivity index (χ0v) is 11.2. The van der Waals surface area contributed by atoms with E-state index >= 15 is 0 Å². The van der Waals surface area contributed by atoms with E-state index in [1.165, 1.54) is 7.11 Å². The van der Waals surface area contributed by atoms with Gasteiger partial charge >= 0.3 is 39.9 Å². The molecule has 0 aromatic heterocycles. The van der Waals surface area contributed by atoms with E-state index in [1.807, 2.05) is 0 Å². The van der Waals surface area contributed by atoms with Gasteiger partial charge in [0.05, 0.1) is 12.7 Å². The van der Waals surface area contributed by atoms with Crippen molar-refractivity contribution in [1.29, 1.82) is 0 Å². The van der Waals surface area contributed by atoms with Crippen molar-refractivity contribution in [1.82, 2.24) is 0 Å². The van der Waals surface area contributed by atoms with Gasteiger partial charge in [0.25, 0.3) is 0 Å². The van der Waals surface area contributed by atoms with E-state index in [2.05, 4.69) is 24.7 Å². The normalized spacial score (nSPS) is 6.00. The zero-order chi connectivity index (χ0) is 14.3. The summed E-state index contributed by atoms with van der Waals surface area (Å²) in [5, 5.41) is 0.609. The summed E-state index contributed by atoms with van der Waals surface area (Å²) in [5.41, 5.74) is 0.511. The molecule has 0 amide bonds. The molecule has 94 valence electrons. The van der Waals surface area contributed by atoms with Crippen LogP contribution in [0.3, 0.4) is 0 Å². The maximum absolute atomic E-state index is 10.9. The van der Waals surface area contributed by atoms with Crippen molar-refractivity contribution in [3.63, 3.8) is 0 Å². The van der Waals surface area contributed by atoms with Crippen molar-refractivity contribution in [2.45, 2.75) is 0 Å². The quantitative estimate of drug-likeness (QED) is 0.451. The van der Waals surface area contributed by atoms with E-state index in [0.717, 1.165) is 0 Å². The fourth-order valence-corrected chi connectivity index (χ4v) is 0.830. The fourth-order valence-electron chi connectivity index (χ4n) is 0.704. The van der Waals surface area contributed by atoms with Gasteiger partial charge in [0.2, 0.25) is 0 Å². The molecular weight excluding hydrogens is 300 g/mol. The zero-order valence-electron chi connectivity index (χ0n) is 9.14. The average Bonchev–Trinajstić information content (AvgIpc) is 2.45. The van der Waals surface area contributed by atoms with Gasteiger partial charge in [-0.05, 0) is 24.3 Å². The van der Waals surface area contributed by atoms with Crippen molar-refractivity contribution < 1.29 is 40.8 Å². The van der Waals surface area contributed by atoms with Gasteiger partial charge in [-0.1, -0.05) is 11.6 Å². The Labute approximate surface area is 120 Å². The van der Waals surface area contributed by atoms with E-state index in [0.29, 0.717) is 10.6 Å². The number of carbonyl (C=O) groups is 1. The second-order valence-electron chi connectivity index (χ2n) is 2.00. The van der Waals surface area contributed by atoms with E-state index < -0.39 is 0 Å². The molecule has 0 radical (unpaired) electrons. The summed E-state index contributed by atoms with van der Waals surface area (Å²) < 4.78 is 27.0. The van der Waals surface area contributed by atoms with Crippen molar-refractivity contribution in [3.8, 4) is 0 Å². The Kier molecular flexibility index (Phi) is 29.9. The van der Waals surface area contributed by atoms with Crippen molar-refractivity contribution >= 4 is 17.6 Å². The molecule has 0 spiro atoms. The number of esters is 1. The van der Waals surface area contributed by atoms with Crippen LogP contribution < -0.4 is 0 Å². The predicted molar refractivity (Wildman–Crippen MR) is 54.6 cm³/mol. The summed E-state index contributed by atoms with van der Waals surface area (Å²) in [6.07, 6.45) is 0. The molecule has 18 heavy (non-hydrogen) atoms. The van der Waals surface area contributed by atoms with Crippen LogP contribution >= 0.6 is 11.6 Å². The third-order valence-corrected chi connectivity index (χ3v) is 1.52. The number of methoxy groups -OCH3 is 1. The molecule has 0 bridgehead atoms. The monoisotopic (exact) mass is 306 g/mol. The summed E-state index contributed by atoms with van der Waals surface area (Å²) >= 11 is 5.61. The van der Waals surface area contributed by atoms with Crippen LogP contribution in [0, 0.1) is 20.0 Å². The van der Waals surface area contributed by atoms with Crippen molar-refractivity contribution in [2.24, 2.45) is 0 Å². The van der Waals surface area contributed by atoms with Crippen LogP contribution in [-0.2, 0) is 36.1 Å². The Morgan fingerprint density at radius 1 is 1.06 bits per heavy atom. The molecule has 0 aliphatic heterocycles. The average molecular weight is 307 g/mol. The van der Waals surface area contributed by atoms with Crippen LogP contribution in [0.1, 0.15) is 10.4 Å². The molecule has 0 saturated heterocycles. The molecule has 5 nitrogen and oxygen atoms in total. The molecular formula is C11H7ClCrO5. The molecule has 0 aliphatic rings. The van der Waals surface area contributed by atoms with E-state index in [4.69, 9.17) is 25.6 Å². The first-order chi connectivity index (χ1) is 8.24. The largest absolute Gasteiger partial charge is 0 e. The van der Waals surface area contributed by atoms with Gasteiger partial charge in [0, 0.05) is 22.4 Å². The molecule has 0 unspecified atom stereocenters. The third-order valence-electron chi connectivity index (χ3n) is 1.27. The van der Waals surface area contributed by atoms with Crippen LogP contribution in [0.5, 0.6) is 0 Å². The maximum Gasteiger partial charge on any atom is 0 e. The summed E-state index contributed by atoms with van der Waals surface area (Å²) in [6, 6.07) is 6.53. The summed E-state index contributed by atoms with van der Waals surface area (Å²) in [4.78, 5) is 10.9. The number of ether oxygens (including phenoxy) is 1. The van der Waals surface area contributed by atoms with Gasteiger partial charge in [-0.15, -0.1) is 0 Å². The molecule has 0 atom stereocenters. The Hall–Kier alpha value is -1.27. The molecule has 0 saturated carbocycles. The predicted octanol–water partition coefficient (Wildman–Crippen LogP) is 2.01. The van der Waals surface area contributed by atoms with Gasteiger partial charge in [-0.2, -0.15) is 0 Å². The van der Waals surface area contributed by atoms with E-state index in [1.54, 1.807) is 24.3 Å². The Balaban J connectivity index is -0.000000123. The van der Waals surface area contributed by atoms with Gasteiger partial charge in [0.15, 0.2) is 0 Å². The first kappa shape index (κ1) is 25.5. The van der Waals surface area contributed by atoms with Crippen LogP contribution in [0.2, 0.25) is 5.02 Å². The third kappa shape index (κ3) is 12.8. The van der Waals surface area contributed by atoms with Gasteiger partial charge in [0.1, 0.15) is 0 Å². The minimum Gasteiger partial charge on any atom is 0 e. The maximum atomic E-state index is 10.9. The number of hydrogen-bond donors (Lipinski definition) is 0. The van der Waals surface area contributed by atoms with Gasteiger partial charge in [-0.3, -0.25) is 0 Å². The second kappa shape index (κ2) is 21.1. The molecule has 1 aromatic rings. The van der Waals surface area contributed by atoms with Crippen LogP contribution in [0.15, 0.2) is 24.3 Å². The minimum absolute atomic E-state index is 0. The van der Waals surface area contributed by atoms with Crippen LogP contribution in [-0.4, -0.2) is 13.1 Å². The standard InChI is InChI=1S/C8H7ClO2.3CO.Cr/c1-11-8(10)6-2-4-7(9)5-3-6;3*1-2;/h2-5H,1H3;;;;. The van der Waals surface area contributed by atoms with Gasteiger partial charge in [-0.25, -0.2) is 4.79 Å². The Bertz CT molecular complexity index is 355. The molecule has 7 heteroatoms. The van der Waals surface area contributed by atoms with Crippen molar-refractivity contribution in [2.75, 3.05) is 7.11 Å². The summed E-state index contributed by atoms with van der Waals surface area (Å²) in [6.45, 7) is 13.5. The number of halogens is 1. The SMILES string of the molecule is COC(=O)c1ccc(Cl)cc1.[C-]#[O+].[C-]#[O+].[C-]#[O+].[Cr]. The second-order valence-corrected chi connectivity index (χ2v) is 2.43. The number of rotatable bonds is 1.